The van der Waals surface area contributed by atoms with Gasteiger partial charge in [-0.1, -0.05) is 30.0 Å². The number of para-hydroxylation sites is 1. The zero-order chi connectivity index (χ0) is 17.9. The third-order valence-electron chi connectivity index (χ3n) is 3.02. The van der Waals surface area contributed by atoms with Gasteiger partial charge in [0.25, 0.3) is 0 Å². The van der Waals surface area contributed by atoms with E-state index in [1.807, 2.05) is 0 Å². The van der Waals surface area contributed by atoms with Crippen molar-refractivity contribution in [1.82, 2.24) is 14.8 Å². The maximum absolute atomic E-state index is 13.3. The van der Waals surface area contributed by atoms with E-state index in [-0.39, 0.29) is 16.1 Å². The monoisotopic (exact) mass is 368 g/mol. The third-order valence-corrected chi connectivity index (χ3v) is 3.95. The Morgan fingerprint density at radius 1 is 1.16 bits per heavy atom. The Balaban J connectivity index is 1.75. The predicted molar refractivity (Wildman–Crippen MR) is 84.8 cm³/mol. The second kappa shape index (κ2) is 7.01. The minimum absolute atomic E-state index is 0.00764. The molecule has 3 aromatic rings. The Morgan fingerprint density at radius 3 is 2.56 bits per heavy atom. The molecule has 3 rings (SSSR count). The van der Waals surface area contributed by atoms with Gasteiger partial charge in [0.1, 0.15) is 0 Å². The van der Waals surface area contributed by atoms with Crippen LogP contribution in [-0.2, 0) is 11.1 Å². The molecule has 0 spiro atoms. The van der Waals surface area contributed by atoms with Crippen LogP contribution in [0.5, 0.6) is 0 Å². The highest BCUT2D eigenvalue weighted by molar-refractivity contribution is 7.99. The highest BCUT2D eigenvalue weighted by Gasteiger charge is 2.38. The lowest BCUT2D eigenvalue weighted by molar-refractivity contribution is -0.208. The Labute approximate surface area is 144 Å². The fraction of sp³-hybridized carbons (Fsp3) is 0.133. The van der Waals surface area contributed by atoms with Crippen LogP contribution < -0.4 is 5.32 Å². The first kappa shape index (κ1) is 17.1. The molecule has 1 amide bonds. The number of halogens is 3. The summed E-state index contributed by atoms with van der Waals surface area (Å²) in [5.74, 6) is -1.23. The first-order chi connectivity index (χ1) is 11.9. The summed E-state index contributed by atoms with van der Waals surface area (Å²) in [6.45, 7) is 0. The number of carbonyl (C=O) groups excluding carboxylic acids is 1. The lowest BCUT2D eigenvalue weighted by Crippen LogP contribution is -2.20. The molecular formula is C15H11F3N4O2S. The summed E-state index contributed by atoms with van der Waals surface area (Å²) in [6, 6.07) is 11.4. The van der Waals surface area contributed by atoms with Crippen molar-refractivity contribution in [3.05, 3.63) is 48.7 Å². The van der Waals surface area contributed by atoms with Crippen LogP contribution in [0, 0.1) is 0 Å². The molecule has 0 unspecified atom stereocenters. The van der Waals surface area contributed by atoms with Crippen LogP contribution in [0.1, 0.15) is 0 Å². The maximum atomic E-state index is 13.3. The largest absolute Gasteiger partial charge is 0.492 e. The van der Waals surface area contributed by atoms with Crippen LogP contribution in [0.2, 0.25) is 0 Å². The molecule has 25 heavy (non-hydrogen) atoms. The number of rotatable bonds is 5. The Morgan fingerprint density at radius 2 is 1.92 bits per heavy atom. The Kier molecular flexibility index (Phi) is 4.79. The second-order valence-corrected chi connectivity index (χ2v) is 5.73. The van der Waals surface area contributed by atoms with E-state index in [0.717, 1.165) is 0 Å². The average molecular weight is 368 g/mol. The van der Waals surface area contributed by atoms with Crippen molar-refractivity contribution < 1.29 is 22.4 Å². The van der Waals surface area contributed by atoms with Gasteiger partial charge in [0, 0.05) is 5.69 Å². The molecule has 0 saturated heterocycles. The smallest absolute Gasteiger partial charge is 0.461 e. The molecule has 0 aliphatic rings. The number of furan rings is 1. The number of carbonyl (C=O) groups is 1. The van der Waals surface area contributed by atoms with E-state index < -0.39 is 23.2 Å². The summed E-state index contributed by atoms with van der Waals surface area (Å²) in [5, 5.41) is 9.21. The number of benzene rings is 1. The van der Waals surface area contributed by atoms with Crippen LogP contribution in [0.15, 0.2) is 58.3 Å². The molecule has 0 atom stereocenters. The van der Waals surface area contributed by atoms with Gasteiger partial charge < -0.3 is 9.73 Å². The van der Waals surface area contributed by atoms with Gasteiger partial charge in [-0.25, -0.2) is 4.57 Å². The standard InChI is InChI=1S/C15H11F3N4O2S/c16-15(17,18)22-13(11-7-4-8-24-11)20-21-14(22)25-9-12(23)19-10-5-2-1-3-6-10/h1-8H,9H2,(H,19,23). The summed E-state index contributed by atoms with van der Waals surface area (Å²) < 4.78 is 45.0. The van der Waals surface area contributed by atoms with Crippen molar-refractivity contribution >= 4 is 23.4 Å². The Hall–Kier alpha value is -2.75. The quantitative estimate of drug-likeness (QED) is 0.695. The van der Waals surface area contributed by atoms with Gasteiger partial charge in [0.15, 0.2) is 10.9 Å². The zero-order valence-electron chi connectivity index (χ0n) is 12.5. The number of aromatic nitrogens is 3. The maximum Gasteiger partial charge on any atom is 0.492 e. The van der Waals surface area contributed by atoms with Crippen molar-refractivity contribution in [3.8, 4) is 11.6 Å². The molecule has 2 aromatic heterocycles. The molecule has 0 radical (unpaired) electrons. The minimum Gasteiger partial charge on any atom is -0.461 e. The van der Waals surface area contributed by atoms with Crippen molar-refractivity contribution in [1.29, 1.82) is 0 Å². The van der Waals surface area contributed by atoms with Crippen molar-refractivity contribution in [3.63, 3.8) is 0 Å². The summed E-state index contributed by atoms with van der Waals surface area (Å²) >= 11 is 0.635. The molecule has 0 aliphatic heterocycles. The molecule has 0 aliphatic carbocycles. The molecule has 1 N–H and O–H groups in total. The number of thioether (sulfide) groups is 1. The normalized spacial score (nSPS) is 11.5. The van der Waals surface area contributed by atoms with E-state index in [4.69, 9.17) is 4.42 Å². The molecule has 10 heteroatoms. The van der Waals surface area contributed by atoms with Crippen molar-refractivity contribution in [2.24, 2.45) is 0 Å². The predicted octanol–water partition coefficient (Wildman–Crippen LogP) is 3.75. The molecular weight excluding hydrogens is 357 g/mol. The number of alkyl halides is 3. The summed E-state index contributed by atoms with van der Waals surface area (Å²) in [6.07, 6.45) is -3.51. The summed E-state index contributed by atoms with van der Waals surface area (Å²) in [7, 11) is 0. The molecule has 0 fully saturated rings. The van der Waals surface area contributed by atoms with Crippen molar-refractivity contribution in [2.45, 2.75) is 11.5 Å². The molecule has 6 nitrogen and oxygen atoms in total. The van der Waals surface area contributed by atoms with E-state index >= 15 is 0 Å². The molecule has 0 bridgehead atoms. The fourth-order valence-electron chi connectivity index (χ4n) is 2.01. The number of amides is 1. The highest BCUT2D eigenvalue weighted by atomic mass is 32.2. The summed E-state index contributed by atoms with van der Waals surface area (Å²) in [4.78, 5) is 11.9. The molecule has 130 valence electrons. The summed E-state index contributed by atoms with van der Waals surface area (Å²) in [5.41, 5.74) is 0.557. The van der Waals surface area contributed by atoms with Gasteiger partial charge in [-0.3, -0.25) is 4.79 Å². The SMILES string of the molecule is O=C(CSc1nnc(-c2ccco2)n1C(F)(F)F)Nc1ccccc1. The average Bonchev–Trinajstić information content (AvgIpc) is 3.22. The number of hydrogen-bond acceptors (Lipinski definition) is 5. The van der Waals surface area contributed by atoms with Crippen LogP contribution in [0.3, 0.4) is 0 Å². The van der Waals surface area contributed by atoms with Gasteiger partial charge in [-0.05, 0) is 24.3 Å². The topological polar surface area (TPSA) is 73.0 Å². The van der Waals surface area contributed by atoms with Crippen molar-refractivity contribution in [2.75, 3.05) is 11.1 Å². The minimum atomic E-state index is -4.75. The molecule has 2 heterocycles. The highest BCUT2D eigenvalue weighted by Crippen LogP contribution is 2.34. The first-order valence-corrected chi connectivity index (χ1v) is 7.98. The number of anilines is 1. The Bertz CT molecular complexity index is 848. The van der Waals surface area contributed by atoms with E-state index in [1.54, 1.807) is 30.3 Å². The number of nitrogens with one attached hydrogen (secondary N) is 1. The van der Waals surface area contributed by atoms with Gasteiger partial charge in [-0.2, -0.15) is 0 Å². The third kappa shape index (κ3) is 4.02. The van der Waals surface area contributed by atoms with E-state index in [2.05, 4.69) is 15.5 Å². The fourth-order valence-corrected chi connectivity index (χ4v) is 2.76. The van der Waals surface area contributed by atoms with Gasteiger partial charge >= 0.3 is 6.30 Å². The van der Waals surface area contributed by atoms with Crippen LogP contribution in [0.25, 0.3) is 11.6 Å². The van der Waals surface area contributed by atoms with E-state index in [9.17, 15) is 18.0 Å². The second-order valence-electron chi connectivity index (χ2n) is 4.79. The number of hydrogen-bond donors (Lipinski definition) is 1. The lowest BCUT2D eigenvalue weighted by atomic mass is 10.3. The van der Waals surface area contributed by atoms with Gasteiger partial charge in [0.05, 0.1) is 12.0 Å². The zero-order valence-corrected chi connectivity index (χ0v) is 13.3. The molecule has 1 aromatic carbocycles. The van der Waals surface area contributed by atoms with Crippen LogP contribution >= 0.6 is 11.8 Å². The van der Waals surface area contributed by atoms with E-state index in [0.29, 0.717) is 17.4 Å². The van der Waals surface area contributed by atoms with Crippen LogP contribution in [0.4, 0.5) is 18.9 Å². The van der Waals surface area contributed by atoms with E-state index in [1.165, 1.54) is 18.4 Å². The van der Waals surface area contributed by atoms with Gasteiger partial charge in [0.2, 0.25) is 11.7 Å². The van der Waals surface area contributed by atoms with Crippen LogP contribution in [-0.4, -0.2) is 26.4 Å². The lowest BCUT2D eigenvalue weighted by Gasteiger charge is -2.12. The molecule has 0 saturated carbocycles. The number of nitrogens with zero attached hydrogens (tertiary/aromatic N) is 3. The first-order valence-electron chi connectivity index (χ1n) is 6.99. The van der Waals surface area contributed by atoms with Gasteiger partial charge in [-0.15, -0.1) is 23.4 Å².